The molecule has 0 unspecified atom stereocenters. The first-order valence-corrected chi connectivity index (χ1v) is 5.40. The molecule has 0 aromatic heterocycles. The van der Waals surface area contributed by atoms with Crippen molar-refractivity contribution in [2.24, 2.45) is 16.7 Å². The first-order valence-electron chi connectivity index (χ1n) is 5.40. The normalized spacial score (nSPS) is 52.7. The van der Waals surface area contributed by atoms with Crippen LogP contribution in [0.2, 0.25) is 0 Å². The number of hydrogen-bond donors (Lipinski definition) is 0. The van der Waals surface area contributed by atoms with E-state index in [0.717, 1.165) is 12.8 Å². The number of carbonyl (C=O) groups excluding carboxylic acids is 1. The Morgan fingerprint density at radius 3 is 3.08 bits per heavy atom. The Balaban J connectivity index is 2.01. The Bertz CT molecular complexity index is 304. The van der Waals surface area contributed by atoms with Crippen molar-refractivity contribution in [3.63, 3.8) is 0 Å². The van der Waals surface area contributed by atoms with Crippen LogP contribution in [0.4, 0.5) is 0 Å². The Morgan fingerprint density at radius 1 is 1.46 bits per heavy atom. The molecule has 1 heteroatoms. The van der Waals surface area contributed by atoms with Gasteiger partial charge in [-0.1, -0.05) is 25.5 Å². The third-order valence-corrected chi connectivity index (χ3v) is 4.59. The highest BCUT2D eigenvalue weighted by Crippen LogP contribution is 2.75. The van der Waals surface area contributed by atoms with Crippen molar-refractivity contribution in [1.82, 2.24) is 0 Å². The van der Waals surface area contributed by atoms with Crippen LogP contribution in [0.15, 0.2) is 12.2 Å². The van der Waals surface area contributed by atoms with E-state index in [2.05, 4.69) is 19.1 Å². The number of ketones is 1. The molecule has 0 radical (unpaired) electrons. The maximum atomic E-state index is 11.8. The van der Waals surface area contributed by atoms with Crippen LogP contribution in [0.1, 0.15) is 39.0 Å². The van der Waals surface area contributed by atoms with Gasteiger partial charge in [0, 0.05) is 12.3 Å². The summed E-state index contributed by atoms with van der Waals surface area (Å²) in [6.07, 6.45) is 10.3. The van der Waals surface area contributed by atoms with Gasteiger partial charge >= 0.3 is 0 Å². The smallest absolute Gasteiger partial charge is 0.140 e. The van der Waals surface area contributed by atoms with Gasteiger partial charge in [0.1, 0.15) is 5.78 Å². The third-order valence-electron chi connectivity index (χ3n) is 4.59. The first kappa shape index (κ1) is 7.78. The molecular formula is C12H16O. The van der Waals surface area contributed by atoms with E-state index in [1.165, 1.54) is 19.3 Å². The summed E-state index contributed by atoms with van der Waals surface area (Å²) >= 11 is 0. The fourth-order valence-corrected chi connectivity index (χ4v) is 3.63. The number of rotatable bonds is 0. The summed E-state index contributed by atoms with van der Waals surface area (Å²) in [5.74, 6) is 0.801. The van der Waals surface area contributed by atoms with Crippen LogP contribution < -0.4 is 0 Å². The van der Waals surface area contributed by atoms with Gasteiger partial charge in [0.05, 0.1) is 0 Å². The van der Waals surface area contributed by atoms with Crippen molar-refractivity contribution in [1.29, 1.82) is 0 Å². The standard InChI is InChI=1S/C12H16O/c1-11-7-5-9-10(13)4-2-3-6-12(9,11)8-11/h5,7,9H,2-4,6,8H2,1H3/t9-,11-,12-/m1/s1. The molecule has 0 aromatic carbocycles. The summed E-state index contributed by atoms with van der Waals surface area (Å²) in [4.78, 5) is 11.8. The molecule has 0 aromatic rings. The molecule has 1 nitrogen and oxygen atoms in total. The summed E-state index contributed by atoms with van der Waals surface area (Å²) in [6.45, 7) is 2.32. The van der Waals surface area contributed by atoms with Gasteiger partial charge in [0.2, 0.25) is 0 Å². The highest BCUT2D eigenvalue weighted by Gasteiger charge is 2.69. The molecule has 3 aliphatic rings. The Hall–Kier alpha value is -0.590. The minimum Gasteiger partial charge on any atom is -0.299 e. The van der Waals surface area contributed by atoms with E-state index in [4.69, 9.17) is 0 Å². The van der Waals surface area contributed by atoms with Gasteiger partial charge in [-0.05, 0) is 30.1 Å². The molecule has 1 spiro atoms. The lowest BCUT2D eigenvalue weighted by atomic mass is 9.83. The molecule has 0 heterocycles. The second kappa shape index (κ2) is 2.08. The zero-order valence-electron chi connectivity index (χ0n) is 8.18. The van der Waals surface area contributed by atoms with Crippen LogP contribution in [0.25, 0.3) is 0 Å². The van der Waals surface area contributed by atoms with Crippen LogP contribution in [-0.4, -0.2) is 5.78 Å². The zero-order valence-corrected chi connectivity index (χ0v) is 8.18. The van der Waals surface area contributed by atoms with Gasteiger partial charge in [0.15, 0.2) is 0 Å². The van der Waals surface area contributed by atoms with E-state index < -0.39 is 0 Å². The molecule has 2 saturated carbocycles. The Labute approximate surface area is 79.2 Å². The number of carbonyl (C=O) groups is 1. The molecule has 2 fully saturated rings. The summed E-state index contributed by atoms with van der Waals surface area (Å²) in [6, 6.07) is 0. The lowest BCUT2D eigenvalue weighted by Gasteiger charge is -2.19. The molecule has 70 valence electrons. The number of allylic oxidation sites excluding steroid dienone is 2. The Morgan fingerprint density at radius 2 is 2.31 bits per heavy atom. The summed E-state index contributed by atoms with van der Waals surface area (Å²) < 4.78 is 0. The van der Waals surface area contributed by atoms with Crippen molar-refractivity contribution in [3.05, 3.63) is 12.2 Å². The predicted octanol–water partition coefficient (Wildman–Crippen LogP) is 2.71. The number of hydrogen-bond acceptors (Lipinski definition) is 1. The SMILES string of the molecule is C[C@]12C=C[C@@H]3C(=O)CCCC[C@@]31C2. The average Bonchev–Trinajstić information content (AvgIpc) is 2.64. The Kier molecular flexibility index (Phi) is 1.24. The van der Waals surface area contributed by atoms with E-state index in [0.29, 0.717) is 22.5 Å². The van der Waals surface area contributed by atoms with Crippen molar-refractivity contribution >= 4 is 5.78 Å². The van der Waals surface area contributed by atoms with E-state index in [1.54, 1.807) is 0 Å². The quantitative estimate of drug-likeness (QED) is 0.519. The molecular weight excluding hydrogens is 160 g/mol. The van der Waals surface area contributed by atoms with E-state index in [1.807, 2.05) is 0 Å². The molecule has 0 bridgehead atoms. The summed E-state index contributed by atoms with van der Waals surface area (Å²) in [7, 11) is 0. The molecule has 0 saturated heterocycles. The molecule has 3 atom stereocenters. The van der Waals surface area contributed by atoms with E-state index in [-0.39, 0.29) is 0 Å². The molecule has 0 amide bonds. The lowest BCUT2D eigenvalue weighted by Crippen LogP contribution is -2.21. The number of Topliss-reactive ketones (excluding diaryl/α,β-unsaturated/α-hetero) is 1. The van der Waals surface area contributed by atoms with Crippen molar-refractivity contribution in [2.75, 3.05) is 0 Å². The zero-order chi connectivity index (χ0) is 9.10. The van der Waals surface area contributed by atoms with Crippen molar-refractivity contribution in [3.8, 4) is 0 Å². The molecule has 3 aliphatic carbocycles. The fourth-order valence-electron chi connectivity index (χ4n) is 3.63. The van der Waals surface area contributed by atoms with Crippen LogP contribution in [0.3, 0.4) is 0 Å². The van der Waals surface area contributed by atoms with Gasteiger partial charge in [-0.25, -0.2) is 0 Å². The topological polar surface area (TPSA) is 17.1 Å². The van der Waals surface area contributed by atoms with Gasteiger partial charge in [-0.3, -0.25) is 4.79 Å². The van der Waals surface area contributed by atoms with Crippen LogP contribution in [0.5, 0.6) is 0 Å². The predicted molar refractivity (Wildman–Crippen MR) is 51.3 cm³/mol. The van der Waals surface area contributed by atoms with Gasteiger partial charge < -0.3 is 0 Å². The molecule has 0 aliphatic heterocycles. The minimum atomic E-state index is 0.292. The highest BCUT2D eigenvalue weighted by atomic mass is 16.1. The monoisotopic (exact) mass is 176 g/mol. The first-order chi connectivity index (χ1) is 6.18. The molecule has 0 N–H and O–H groups in total. The maximum Gasteiger partial charge on any atom is 0.140 e. The van der Waals surface area contributed by atoms with E-state index in [9.17, 15) is 4.79 Å². The third kappa shape index (κ3) is 0.762. The summed E-state index contributed by atoms with van der Waals surface area (Å²) in [5, 5.41) is 0. The van der Waals surface area contributed by atoms with E-state index >= 15 is 0 Å². The lowest BCUT2D eigenvalue weighted by molar-refractivity contribution is -0.122. The fraction of sp³-hybridized carbons (Fsp3) is 0.750. The van der Waals surface area contributed by atoms with Gasteiger partial charge in [-0.2, -0.15) is 0 Å². The second-order valence-electron chi connectivity index (χ2n) is 5.26. The van der Waals surface area contributed by atoms with Crippen molar-refractivity contribution in [2.45, 2.75) is 39.0 Å². The van der Waals surface area contributed by atoms with Crippen LogP contribution >= 0.6 is 0 Å². The van der Waals surface area contributed by atoms with Crippen LogP contribution in [0, 0.1) is 16.7 Å². The van der Waals surface area contributed by atoms with Crippen molar-refractivity contribution < 1.29 is 4.79 Å². The highest BCUT2D eigenvalue weighted by molar-refractivity contribution is 5.85. The molecule has 3 rings (SSSR count). The average molecular weight is 176 g/mol. The van der Waals surface area contributed by atoms with Crippen LogP contribution in [-0.2, 0) is 4.79 Å². The minimum absolute atomic E-state index is 0.292. The maximum absolute atomic E-state index is 11.8. The molecule has 13 heavy (non-hydrogen) atoms. The van der Waals surface area contributed by atoms with Gasteiger partial charge in [-0.15, -0.1) is 0 Å². The summed E-state index contributed by atoms with van der Waals surface area (Å²) in [5.41, 5.74) is 0.790. The van der Waals surface area contributed by atoms with Gasteiger partial charge in [0.25, 0.3) is 0 Å². The largest absolute Gasteiger partial charge is 0.299 e. The second-order valence-corrected chi connectivity index (χ2v) is 5.26.